The van der Waals surface area contributed by atoms with Gasteiger partial charge in [0.25, 0.3) is 5.91 Å². The number of piperazine rings is 1. The molecular weight excluding hydrogens is 302 g/mol. The van der Waals surface area contributed by atoms with Gasteiger partial charge in [-0.3, -0.25) is 4.79 Å². The van der Waals surface area contributed by atoms with Crippen molar-refractivity contribution in [2.24, 2.45) is 0 Å². The van der Waals surface area contributed by atoms with Crippen molar-refractivity contribution in [2.45, 2.75) is 6.42 Å². The largest absolute Gasteiger partial charge is 0.338 e. The third-order valence-electron chi connectivity index (χ3n) is 4.78. The first kappa shape index (κ1) is 15.1. The van der Waals surface area contributed by atoms with Crippen LogP contribution in [-0.4, -0.2) is 60.5 Å². The highest BCUT2D eigenvalue weighted by atomic mass is 16.2. The lowest BCUT2D eigenvalue weighted by Crippen LogP contribution is -2.45. The van der Waals surface area contributed by atoms with Crippen LogP contribution in [0.15, 0.2) is 36.5 Å². The maximum absolute atomic E-state index is 12.9. The molecule has 0 atom stereocenters. The molecule has 24 heavy (non-hydrogen) atoms. The summed E-state index contributed by atoms with van der Waals surface area (Å²) in [6.07, 6.45) is 2.59. The zero-order valence-corrected chi connectivity index (χ0v) is 13.9. The summed E-state index contributed by atoms with van der Waals surface area (Å²) < 4.78 is 0. The van der Waals surface area contributed by atoms with Crippen molar-refractivity contribution in [3.8, 4) is 0 Å². The summed E-state index contributed by atoms with van der Waals surface area (Å²) >= 11 is 0. The first-order chi connectivity index (χ1) is 11.7. The quantitative estimate of drug-likeness (QED) is 0.837. The first-order valence-electron chi connectivity index (χ1n) is 8.39. The monoisotopic (exact) mass is 323 g/mol. The van der Waals surface area contributed by atoms with Crippen molar-refractivity contribution in [1.82, 2.24) is 14.9 Å². The number of fused-ring (bicyclic) bond motifs is 1. The second-order valence-electron chi connectivity index (χ2n) is 6.37. The van der Waals surface area contributed by atoms with E-state index in [0.29, 0.717) is 18.2 Å². The zero-order chi connectivity index (χ0) is 16.5. The fourth-order valence-corrected chi connectivity index (χ4v) is 3.31. The molecule has 2 aliphatic rings. The molecule has 0 radical (unpaired) electrons. The van der Waals surface area contributed by atoms with E-state index in [0.717, 1.165) is 38.3 Å². The molecule has 0 aliphatic carbocycles. The fraction of sp³-hybridized carbons (Fsp3) is 0.389. The summed E-state index contributed by atoms with van der Waals surface area (Å²) in [4.78, 5) is 28.1. The minimum atomic E-state index is -0.0438. The molecule has 2 aliphatic heterocycles. The van der Waals surface area contributed by atoms with Crippen LogP contribution in [0.2, 0.25) is 0 Å². The molecule has 1 saturated heterocycles. The van der Waals surface area contributed by atoms with E-state index in [1.54, 1.807) is 12.3 Å². The van der Waals surface area contributed by atoms with Gasteiger partial charge < -0.3 is 14.7 Å². The third-order valence-corrected chi connectivity index (χ3v) is 4.78. The van der Waals surface area contributed by atoms with Crippen molar-refractivity contribution in [1.29, 1.82) is 0 Å². The van der Waals surface area contributed by atoms with Crippen LogP contribution in [0, 0.1) is 0 Å². The van der Waals surface area contributed by atoms with E-state index in [4.69, 9.17) is 0 Å². The molecule has 2 aromatic rings. The zero-order valence-electron chi connectivity index (χ0n) is 13.9. The van der Waals surface area contributed by atoms with Gasteiger partial charge in [0.15, 0.2) is 0 Å². The van der Waals surface area contributed by atoms with Crippen LogP contribution in [0.3, 0.4) is 0 Å². The number of aromatic nitrogens is 2. The van der Waals surface area contributed by atoms with Gasteiger partial charge in [0.2, 0.25) is 5.95 Å². The molecule has 0 spiro atoms. The van der Waals surface area contributed by atoms with Crippen molar-refractivity contribution >= 4 is 17.5 Å². The number of nitrogens with zero attached hydrogens (tertiary/aromatic N) is 5. The molecule has 0 bridgehead atoms. The summed E-state index contributed by atoms with van der Waals surface area (Å²) in [6.45, 7) is 4.47. The van der Waals surface area contributed by atoms with E-state index >= 15 is 0 Å². The van der Waals surface area contributed by atoms with Crippen LogP contribution >= 0.6 is 0 Å². The van der Waals surface area contributed by atoms with Gasteiger partial charge in [-0.15, -0.1) is 0 Å². The molecule has 6 heteroatoms. The fourth-order valence-electron chi connectivity index (χ4n) is 3.31. The minimum Gasteiger partial charge on any atom is -0.338 e. The molecular formula is C18H21N5O. The van der Waals surface area contributed by atoms with Gasteiger partial charge in [0.1, 0.15) is 5.69 Å². The molecule has 1 fully saturated rings. The first-order valence-corrected chi connectivity index (χ1v) is 8.39. The SMILES string of the molecule is CN1CCN(c2nccc(C(=O)N3CCc4ccccc43)n2)CC1. The number of rotatable bonds is 2. The summed E-state index contributed by atoms with van der Waals surface area (Å²) in [5, 5.41) is 0. The number of benzene rings is 1. The topological polar surface area (TPSA) is 52.6 Å². The second-order valence-corrected chi connectivity index (χ2v) is 6.37. The number of likely N-dealkylation sites (N-methyl/N-ethyl adjacent to an activating group) is 1. The summed E-state index contributed by atoms with van der Waals surface area (Å²) in [6, 6.07) is 9.78. The number of hydrogen-bond donors (Lipinski definition) is 0. The van der Waals surface area contributed by atoms with Crippen molar-refractivity contribution in [3.05, 3.63) is 47.8 Å². The second kappa shape index (κ2) is 6.20. The average Bonchev–Trinajstić information content (AvgIpc) is 3.06. The molecule has 1 aromatic heterocycles. The Balaban J connectivity index is 1.57. The predicted molar refractivity (Wildman–Crippen MR) is 93.6 cm³/mol. The number of amides is 1. The van der Waals surface area contributed by atoms with Crippen LogP contribution in [0.25, 0.3) is 0 Å². The number of carbonyl (C=O) groups is 1. The number of carbonyl (C=O) groups excluding carboxylic acids is 1. The number of para-hydroxylation sites is 1. The summed E-state index contributed by atoms with van der Waals surface area (Å²) in [7, 11) is 2.11. The van der Waals surface area contributed by atoms with E-state index in [9.17, 15) is 4.79 Å². The highest BCUT2D eigenvalue weighted by Crippen LogP contribution is 2.28. The Morgan fingerprint density at radius 3 is 2.67 bits per heavy atom. The van der Waals surface area contributed by atoms with Crippen LogP contribution in [0.4, 0.5) is 11.6 Å². The highest BCUT2D eigenvalue weighted by molar-refractivity contribution is 6.06. The molecule has 1 aromatic carbocycles. The van der Waals surface area contributed by atoms with Gasteiger partial charge in [0, 0.05) is 44.6 Å². The van der Waals surface area contributed by atoms with Crippen LogP contribution in [-0.2, 0) is 6.42 Å². The standard InChI is InChI=1S/C18H21N5O/c1-21-10-12-22(13-11-21)18-19-8-6-15(20-18)17(24)23-9-7-14-4-2-3-5-16(14)23/h2-6,8H,7,9-13H2,1H3. The predicted octanol–water partition coefficient (Wildman–Crippen LogP) is 1.43. The summed E-state index contributed by atoms with van der Waals surface area (Å²) in [5.41, 5.74) is 2.69. The average molecular weight is 323 g/mol. The molecule has 0 unspecified atom stereocenters. The van der Waals surface area contributed by atoms with Gasteiger partial charge in [-0.2, -0.15) is 0 Å². The lowest BCUT2D eigenvalue weighted by atomic mass is 10.2. The van der Waals surface area contributed by atoms with Crippen LogP contribution < -0.4 is 9.80 Å². The lowest BCUT2D eigenvalue weighted by molar-refractivity contribution is 0.0984. The van der Waals surface area contributed by atoms with Gasteiger partial charge in [-0.25, -0.2) is 9.97 Å². The smallest absolute Gasteiger partial charge is 0.277 e. The van der Waals surface area contributed by atoms with E-state index in [1.165, 1.54) is 5.56 Å². The van der Waals surface area contributed by atoms with Crippen molar-refractivity contribution < 1.29 is 4.79 Å². The molecule has 6 nitrogen and oxygen atoms in total. The Kier molecular flexibility index (Phi) is 3.90. The number of hydrogen-bond acceptors (Lipinski definition) is 5. The minimum absolute atomic E-state index is 0.0438. The number of anilines is 2. The van der Waals surface area contributed by atoms with Gasteiger partial charge in [0.05, 0.1) is 0 Å². The third kappa shape index (κ3) is 2.73. The normalized spacial score (nSPS) is 17.9. The maximum atomic E-state index is 12.9. The summed E-state index contributed by atoms with van der Waals surface area (Å²) in [5.74, 6) is 0.610. The molecule has 1 amide bonds. The Bertz CT molecular complexity index is 755. The molecule has 0 N–H and O–H groups in total. The van der Waals surface area contributed by atoms with E-state index < -0.39 is 0 Å². The van der Waals surface area contributed by atoms with Crippen molar-refractivity contribution in [2.75, 3.05) is 49.6 Å². The van der Waals surface area contributed by atoms with Crippen LogP contribution in [0.5, 0.6) is 0 Å². The Morgan fingerprint density at radius 1 is 1.04 bits per heavy atom. The van der Waals surface area contributed by atoms with Crippen LogP contribution in [0.1, 0.15) is 16.1 Å². The maximum Gasteiger partial charge on any atom is 0.277 e. The Morgan fingerprint density at radius 2 is 1.83 bits per heavy atom. The van der Waals surface area contributed by atoms with Crippen molar-refractivity contribution in [3.63, 3.8) is 0 Å². The Labute approximate surface area is 141 Å². The lowest BCUT2D eigenvalue weighted by Gasteiger charge is -2.32. The van der Waals surface area contributed by atoms with E-state index in [-0.39, 0.29) is 5.91 Å². The molecule has 3 heterocycles. The molecule has 124 valence electrons. The van der Waals surface area contributed by atoms with E-state index in [1.807, 2.05) is 23.1 Å². The van der Waals surface area contributed by atoms with E-state index in [2.05, 4.69) is 32.9 Å². The van der Waals surface area contributed by atoms with Gasteiger partial charge >= 0.3 is 0 Å². The highest BCUT2D eigenvalue weighted by Gasteiger charge is 2.26. The molecule has 4 rings (SSSR count). The van der Waals surface area contributed by atoms with Gasteiger partial charge in [-0.05, 0) is 31.2 Å². The van der Waals surface area contributed by atoms with Gasteiger partial charge in [-0.1, -0.05) is 18.2 Å². The Hall–Kier alpha value is -2.47. The molecule has 0 saturated carbocycles.